The van der Waals surface area contributed by atoms with E-state index in [1.165, 1.54) is 0 Å². The molecule has 0 spiro atoms. The number of aromatic nitrogens is 1. The van der Waals surface area contributed by atoms with Crippen LogP contribution in [0.2, 0.25) is 0 Å². The van der Waals surface area contributed by atoms with E-state index in [1.807, 2.05) is 35.8 Å². The third-order valence-electron chi connectivity index (χ3n) is 6.74. The Morgan fingerprint density at radius 3 is 1.58 bits per heavy atom. The Hall–Kier alpha value is -4.96. The van der Waals surface area contributed by atoms with Gasteiger partial charge in [-0.2, -0.15) is 4.99 Å². The summed E-state index contributed by atoms with van der Waals surface area (Å²) in [5, 5.41) is 2.29. The highest BCUT2D eigenvalue weighted by Crippen LogP contribution is 2.30. The van der Waals surface area contributed by atoms with Gasteiger partial charge in [0.05, 0.1) is 11.0 Å². The molecule has 0 saturated heterocycles. The molecule has 1 aromatic heterocycles. The molecule has 0 atom stereocenters. The van der Waals surface area contributed by atoms with Crippen LogP contribution in [0.5, 0.6) is 0 Å². The first-order valence-corrected chi connectivity index (χ1v) is 12.9. The summed E-state index contributed by atoms with van der Waals surface area (Å²) in [4.78, 5) is 9.77. The summed E-state index contributed by atoms with van der Waals surface area (Å²) in [7, 11) is 0. The Morgan fingerprint density at radius 2 is 1.08 bits per heavy atom. The number of benzene rings is 5. The van der Waals surface area contributed by atoms with Crippen molar-refractivity contribution in [1.82, 2.24) is 4.57 Å². The monoisotopic (exact) mass is 492 g/mol. The van der Waals surface area contributed by atoms with Gasteiger partial charge in [-0.3, -0.25) is 9.56 Å². The molecular formula is C34H28N4. The molecule has 4 heteroatoms. The maximum absolute atomic E-state index is 6.77. The summed E-state index contributed by atoms with van der Waals surface area (Å²) < 4.78 is 2.02. The highest BCUT2D eigenvalue weighted by Gasteiger charge is 2.15. The summed E-state index contributed by atoms with van der Waals surface area (Å²) in [6.45, 7) is 2.61. The third kappa shape index (κ3) is 4.37. The molecule has 0 bridgehead atoms. The van der Waals surface area contributed by atoms with Crippen LogP contribution in [0.3, 0.4) is 0 Å². The maximum Gasteiger partial charge on any atom is 0.207 e. The van der Waals surface area contributed by atoms with Crippen molar-refractivity contribution in [2.75, 3.05) is 6.54 Å². The number of nitrogens with two attached hydrogens (primary N) is 1. The summed E-state index contributed by atoms with van der Waals surface area (Å²) in [5.74, 6) is 1.00. The molecule has 0 saturated carbocycles. The van der Waals surface area contributed by atoms with Gasteiger partial charge in [0.1, 0.15) is 0 Å². The Morgan fingerprint density at radius 1 is 0.605 bits per heavy atom. The molecule has 184 valence electrons. The van der Waals surface area contributed by atoms with Crippen molar-refractivity contribution in [3.63, 3.8) is 0 Å². The van der Waals surface area contributed by atoms with E-state index in [9.17, 15) is 0 Å². The second-order valence-corrected chi connectivity index (χ2v) is 9.17. The first kappa shape index (κ1) is 23.4. The van der Waals surface area contributed by atoms with Crippen molar-refractivity contribution in [3.05, 3.63) is 133 Å². The summed E-state index contributed by atoms with van der Waals surface area (Å²) >= 11 is 0. The topological polar surface area (TPSA) is 55.7 Å². The summed E-state index contributed by atoms with van der Waals surface area (Å²) in [5.41, 5.74) is 14.2. The Bertz CT molecular complexity index is 1680. The minimum atomic E-state index is 0.390. The molecule has 0 aliphatic carbocycles. The van der Waals surface area contributed by atoms with Gasteiger partial charge >= 0.3 is 0 Å². The third-order valence-corrected chi connectivity index (χ3v) is 6.74. The first-order chi connectivity index (χ1) is 18.7. The second-order valence-electron chi connectivity index (χ2n) is 9.17. The van der Waals surface area contributed by atoms with Crippen molar-refractivity contribution in [2.45, 2.75) is 6.92 Å². The van der Waals surface area contributed by atoms with Gasteiger partial charge in [-0.15, -0.1) is 0 Å². The van der Waals surface area contributed by atoms with Gasteiger partial charge in [-0.25, -0.2) is 0 Å². The van der Waals surface area contributed by atoms with Crippen LogP contribution in [0.4, 0.5) is 0 Å². The highest BCUT2D eigenvalue weighted by molar-refractivity contribution is 6.16. The molecule has 5 aromatic carbocycles. The van der Waals surface area contributed by atoms with Crippen LogP contribution < -0.4 is 5.73 Å². The van der Waals surface area contributed by atoms with E-state index in [4.69, 9.17) is 15.7 Å². The zero-order chi connectivity index (χ0) is 25.9. The number of rotatable bonds is 4. The number of amidine groups is 1. The smallest absolute Gasteiger partial charge is 0.207 e. The number of nitrogens with zero attached hydrogens (tertiary/aromatic N) is 3. The van der Waals surface area contributed by atoms with Gasteiger partial charge in [0.15, 0.2) is 5.84 Å². The fourth-order valence-electron chi connectivity index (χ4n) is 5.02. The fraction of sp³-hybridized carbons (Fsp3) is 0.0588. The van der Waals surface area contributed by atoms with Crippen molar-refractivity contribution < 1.29 is 0 Å². The van der Waals surface area contributed by atoms with Gasteiger partial charge < -0.3 is 5.73 Å². The lowest BCUT2D eigenvalue weighted by atomic mass is 9.96. The molecule has 0 aliphatic heterocycles. The van der Waals surface area contributed by atoms with Crippen molar-refractivity contribution in [1.29, 1.82) is 0 Å². The van der Waals surface area contributed by atoms with E-state index >= 15 is 0 Å². The SMILES string of the molecule is CCN=C(N=C(N)n1c2ccccc2c2ccccc21)c1cc(-c2ccccc2)cc(-c2ccccc2)c1. The average Bonchev–Trinajstić information content (AvgIpc) is 3.32. The average molecular weight is 493 g/mol. The molecule has 0 amide bonds. The lowest BCUT2D eigenvalue weighted by Crippen LogP contribution is -2.24. The molecular weight excluding hydrogens is 464 g/mol. The van der Waals surface area contributed by atoms with Gasteiger partial charge in [0, 0.05) is 22.9 Å². The van der Waals surface area contributed by atoms with Crippen LogP contribution in [0, 0.1) is 0 Å². The van der Waals surface area contributed by atoms with Gasteiger partial charge in [0.2, 0.25) is 5.96 Å². The van der Waals surface area contributed by atoms with Gasteiger partial charge in [-0.1, -0.05) is 97.1 Å². The minimum absolute atomic E-state index is 0.390. The van der Waals surface area contributed by atoms with Crippen molar-refractivity contribution >= 4 is 33.6 Å². The van der Waals surface area contributed by atoms with Crippen LogP contribution in [0.1, 0.15) is 12.5 Å². The van der Waals surface area contributed by atoms with E-state index in [1.54, 1.807) is 0 Å². The van der Waals surface area contributed by atoms with E-state index in [0.29, 0.717) is 18.3 Å². The normalized spacial score (nSPS) is 12.3. The molecule has 4 nitrogen and oxygen atoms in total. The van der Waals surface area contributed by atoms with Crippen LogP contribution in [-0.2, 0) is 0 Å². The van der Waals surface area contributed by atoms with Crippen molar-refractivity contribution in [2.24, 2.45) is 15.7 Å². The molecule has 6 aromatic rings. The minimum Gasteiger partial charge on any atom is -0.369 e. The molecule has 0 fully saturated rings. The number of hydrogen-bond donors (Lipinski definition) is 1. The molecule has 2 N–H and O–H groups in total. The van der Waals surface area contributed by atoms with Crippen molar-refractivity contribution in [3.8, 4) is 22.3 Å². The fourth-order valence-corrected chi connectivity index (χ4v) is 5.02. The highest BCUT2D eigenvalue weighted by atomic mass is 15.2. The number of para-hydroxylation sites is 2. The van der Waals surface area contributed by atoms with E-state index in [0.717, 1.165) is 49.6 Å². The number of aliphatic imine (C=N–C) groups is 2. The Balaban J connectivity index is 1.54. The maximum atomic E-state index is 6.77. The van der Waals surface area contributed by atoms with Crippen LogP contribution >= 0.6 is 0 Å². The lowest BCUT2D eigenvalue weighted by Gasteiger charge is -2.12. The van der Waals surface area contributed by atoms with E-state index < -0.39 is 0 Å². The predicted molar refractivity (Wildman–Crippen MR) is 161 cm³/mol. The zero-order valence-electron chi connectivity index (χ0n) is 21.3. The number of fused-ring (bicyclic) bond motifs is 3. The zero-order valence-corrected chi connectivity index (χ0v) is 21.3. The Kier molecular flexibility index (Phi) is 6.29. The molecule has 38 heavy (non-hydrogen) atoms. The van der Waals surface area contributed by atoms with E-state index in [-0.39, 0.29) is 0 Å². The Labute approximate surface area is 222 Å². The standard InChI is InChI=1S/C34H28N4/c1-2-36-33(37-34(35)38-31-19-11-9-17-29(31)30-18-10-12-20-32(30)38)28-22-26(24-13-5-3-6-14-24)21-27(23-28)25-15-7-4-8-16-25/h3-23H,2H2,1H3,(H2,35,36,37). The van der Waals surface area contributed by atoms with Crippen LogP contribution in [-0.4, -0.2) is 22.9 Å². The van der Waals surface area contributed by atoms with Crippen LogP contribution in [0.25, 0.3) is 44.1 Å². The molecule has 0 radical (unpaired) electrons. The first-order valence-electron chi connectivity index (χ1n) is 12.9. The molecule has 0 unspecified atom stereocenters. The summed E-state index contributed by atoms with van der Waals surface area (Å²) in [6, 6.07) is 43.9. The molecule has 0 aliphatic rings. The van der Waals surface area contributed by atoms with Gasteiger partial charge in [-0.05, 0) is 59.5 Å². The summed E-state index contributed by atoms with van der Waals surface area (Å²) in [6.07, 6.45) is 0. The lowest BCUT2D eigenvalue weighted by molar-refractivity contribution is 1.12. The second kappa shape index (κ2) is 10.2. The number of hydrogen-bond acceptors (Lipinski definition) is 1. The van der Waals surface area contributed by atoms with E-state index in [2.05, 4.69) is 103 Å². The largest absolute Gasteiger partial charge is 0.369 e. The van der Waals surface area contributed by atoms with Gasteiger partial charge in [0.25, 0.3) is 0 Å². The van der Waals surface area contributed by atoms with Crippen LogP contribution in [0.15, 0.2) is 137 Å². The molecule has 6 rings (SSSR count). The predicted octanol–water partition coefficient (Wildman–Crippen LogP) is 7.76. The quantitative estimate of drug-likeness (QED) is 0.198. The molecule has 1 heterocycles.